The number of halogens is 1. The van der Waals surface area contributed by atoms with E-state index >= 15 is 0 Å². The van der Waals surface area contributed by atoms with E-state index in [0.29, 0.717) is 27.4 Å². The predicted octanol–water partition coefficient (Wildman–Crippen LogP) is 3.49. The Bertz CT molecular complexity index is 474. The van der Waals surface area contributed by atoms with Crippen molar-refractivity contribution in [3.05, 3.63) is 15.5 Å². The number of nitrogens with zero attached hydrogens (tertiary/aromatic N) is 3. The molecule has 0 radical (unpaired) electrons. The standard InChI is InChI=1S/C11H12IN3O2/c1-2-3-4-5-17-8-6-7-9(13-10(8)12)11(16)15-14-7/h6H,2-5H2,1H3. The lowest BCUT2D eigenvalue weighted by Crippen LogP contribution is -2.02. The van der Waals surface area contributed by atoms with Crippen LogP contribution in [0.5, 0.6) is 5.75 Å². The van der Waals surface area contributed by atoms with Crippen LogP contribution in [0.3, 0.4) is 0 Å². The van der Waals surface area contributed by atoms with Gasteiger partial charge in [-0.25, -0.2) is 4.98 Å². The number of pyridine rings is 1. The van der Waals surface area contributed by atoms with E-state index < -0.39 is 0 Å². The van der Waals surface area contributed by atoms with Crippen molar-refractivity contribution in [1.29, 1.82) is 0 Å². The number of hydrogen-bond donors (Lipinski definition) is 0. The Morgan fingerprint density at radius 2 is 2.18 bits per heavy atom. The van der Waals surface area contributed by atoms with Crippen molar-refractivity contribution in [3.63, 3.8) is 0 Å². The molecule has 0 fully saturated rings. The van der Waals surface area contributed by atoms with Crippen LogP contribution in [0.2, 0.25) is 0 Å². The zero-order valence-electron chi connectivity index (χ0n) is 9.44. The van der Waals surface area contributed by atoms with Crippen molar-refractivity contribution in [2.75, 3.05) is 6.61 Å². The summed E-state index contributed by atoms with van der Waals surface area (Å²) >= 11 is 2.05. The maximum Gasteiger partial charge on any atom is 0.316 e. The molecule has 2 heterocycles. The number of azo groups is 1. The first kappa shape index (κ1) is 12.4. The molecule has 6 heteroatoms. The van der Waals surface area contributed by atoms with E-state index in [-0.39, 0.29) is 5.91 Å². The second-order valence-corrected chi connectivity index (χ2v) is 4.73. The van der Waals surface area contributed by atoms with Gasteiger partial charge in [0.25, 0.3) is 0 Å². The molecule has 0 bridgehead atoms. The second kappa shape index (κ2) is 5.52. The number of unbranched alkanes of at least 4 members (excludes halogenated alkanes) is 2. The quantitative estimate of drug-likeness (QED) is 0.466. The Kier molecular flexibility index (Phi) is 4.03. The smallest absolute Gasteiger partial charge is 0.316 e. The molecule has 17 heavy (non-hydrogen) atoms. The summed E-state index contributed by atoms with van der Waals surface area (Å²) in [4.78, 5) is 15.4. The lowest BCUT2D eigenvalue weighted by atomic mass is 10.2. The van der Waals surface area contributed by atoms with Gasteiger partial charge in [0.05, 0.1) is 6.61 Å². The van der Waals surface area contributed by atoms with Crippen molar-refractivity contribution < 1.29 is 9.53 Å². The number of fused-ring (bicyclic) bond motifs is 1. The molecule has 2 rings (SSSR count). The van der Waals surface area contributed by atoms with Crippen LogP contribution in [0.15, 0.2) is 16.3 Å². The molecule has 0 saturated carbocycles. The maximum absolute atomic E-state index is 11.3. The molecule has 1 aliphatic rings. The normalized spacial score (nSPS) is 12.9. The third-order valence-corrected chi connectivity index (χ3v) is 3.15. The highest BCUT2D eigenvalue weighted by atomic mass is 127. The average Bonchev–Trinajstić information content (AvgIpc) is 2.66. The molecular weight excluding hydrogens is 333 g/mol. The lowest BCUT2D eigenvalue weighted by Gasteiger charge is -2.07. The monoisotopic (exact) mass is 345 g/mol. The van der Waals surface area contributed by atoms with Gasteiger partial charge in [0.1, 0.15) is 9.39 Å². The number of aromatic nitrogens is 1. The Morgan fingerprint density at radius 1 is 1.35 bits per heavy atom. The second-order valence-electron chi connectivity index (χ2n) is 3.71. The minimum Gasteiger partial charge on any atom is -0.491 e. The van der Waals surface area contributed by atoms with Gasteiger partial charge in [-0.15, -0.1) is 10.2 Å². The summed E-state index contributed by atoms with van der Waals surface area (Å²) < 4.78 is 6.30. The number of carbonyl (C=O) groups excluding carboxylic acids is 1. The van der Waals surface area contributed by atoms with Crippen molar-refractivity contribution in [3.8, 4) is 5.75 Å². The van der Waals surface area contributed by atoms with Crippen LogP contribution in [0.1, 0.15) is 36.7 Å². The summed E-state index contributed by atoms with van der Waals surface area (Å²) in [6.45, 7) is 2.81. The van der Waals surface area contributed by atoms with Crippen molar-refractivity contribution >= 4 is 34.2 Å². The first-order valence-electron chi connectivity index (χ1n) is 5.51. The summed E-state index contributed by atoms with van der Waals surface area (Å²) in [7, 11) is 0. The fraction of sp³-hybridized carbons (Fsp3) is 0.455. The Hall–Kier alpha value is -1.05. The predicted molar refractivity (Wildman–Crippen MR) is 70.8 cm³/mol. The Labute approximate surface area is 113 Å². The zero-order valence-corrected chi connectivity index (χ0v) is 11.6. The van der Waals surface area contributed by atoms with E-state index in [1.807, 2.05) is 0 Å². The van der Waals surface area contributed by atoms with Gasteiger partial charge in [-0.3, -0.25) is 4.79 Å². The van der Waals surface area contributed by atoms with Gasteiger partial charge < -0.3 is 4.74 Å². The minimum absolute atomic E-state index is 0.315. The van der Waals surface area contributed by atoms with Crippen molar-refractivity contribution in [2.45, 2.75) is 26.2 Å². The highest BCUT2D eigenvalue weighted by Gasteiger charge is 2.21. The van der Waals surface area contributed by atoms with Gasteiger partial charge >= 0.3 is 5.91 Å². The van der Waals surface area contributed by atoms with E-state index in [1.165, 1.54) is 0 Å². The molecule has 0 aromatic carbocycles. The Morgan fingerprint density at radius 3 is 2.94 bits per heavy atom. The molecule has 1 aliphatic heterocycles. The van der Waals surface area contributed by atoms with Crippen LogP contribution in [0.4, 0.5) is 5.69 Å². The molecule has 0 saturated heterocycles. The molecule has 5 nitrogen and oxygen atoms in total. The molecule has 0 N–H and O–H groups in total. The fourth-order valence-corrected chi connectivity index (χ4v) is 2.03. The summed E-state index contributed by atoms with van der Waals surface area (Å²) in [5.74, 6) is 0.296. The van der Waals surface area contributed by atoms with Gasteiger partial charge in [-0.2, -0.15) is 0 Å². The van der Waals surface area contributed by atoms with Crippen molar-refractivity contribution in [1.82, 2.24) is 4.98 Å². The van der Waals surface area contributed by atoms with Crippen LogP contribution in [0.25, 0.3) is 0 Å². The topological polar surface area (TPSA) is 63.9 Å². The van der Waals surface area contributed by atoms with Crippen LogP contribution in [0, 0.1) is 3.70 Å². The third kappa shape index (κ3) is 2.80. The van der Waals surface area contributed by atoms with Gasteiger partial charge in [-0.05, 0) is 29.0 Å². The lowest BCUT2D eigenvalue weighted by molar-refractivity contribution is 0.0998. The molecule has 1 aromatic heterocycles. The van der Waals surface area contributed by atoms with Gasteiger partial charge in [0.15, 0.2) is 11.4 Å². The number of amides is 1. The number of ether oxygens (including phenoxy) is 1. The minimum atomic E-state index is -0.379. The van der Waals surface area contributed by atoms with E-state index in [0.717, 1.165) is 19.3 Å². The molecule has 0 atom stereocenters. The summed E-state index contributed by atoms with van der Waals surface area (Å²) in [6.07, 6.45) is 3.32. The third-order valence-electron chi connectivity index (χ3n) is 2.38. The molecule has 1 amide bonds. The largest absolute Gasteiger partial charge is 0.491 e. The Balaban J connectivity index is 2.08. The first-order valence-corrected chi connectivity index (χ1v) is 6.59. The molecular formula is C11H12IN3O2. The first-order chi connectivity index (χ1) is 8.22. The molecule has 0 spiro atoms. The highest BCUT2D eigenvalue weighted by molar-refractivity contribution is 14.1. The van der Waals surface area contributed by atoms with Crippen molar-refractivity contribution in [2.24, 2.45) is 10.2 Å². The zero-order chi connectivity index (χ0) is 12.3. The molecule has 0 aliphatic carbocycles. The highest BCUT2D eigenvalue weighted by Crippen LogP contribution is 2.32. The summed E-state index contributed by atoms with van der Waals surface area (Å²) in [5.41, 5.74) is 0.816. The number of carbonyl (C=O) groups is 1. The van der Waals surface area contributed by atoms with E-state index in [9.17, 15) is 4.79 Å². The average molecular weight is 345 g/mol. The van der Waals surface area contributed by atoms with E-state index in [4.69, 9.17) is 4.74 Å². The number of hydrogen-bond acceptors (Lipinski definition) is 4. The van der Waals surface area contributed by atoms with E-state index in [1.54, 1.807) is 6.07 Å². The SMILES string of the molecule is CCCCCOc1cc2c(nc1I)C(=O)N=N2. The molecule has 1 aromatic rings. The van der Waals surface area contributed by atoms with E-state index in [2.05, 4.69) is 44.7 Å². The van der Waals surface area contributed by atoms with Crippen LogP contribution in [-0.4, -0.2) is 17.5 Å². The van der Waals surface area contributed by atoms with Gasteiger partial charge in [0.2, 0.25) is 0 Å². The fourth-order valence-electron chi connectivity index (χ4n) is 1.48. The van der Waals surface area contributed by atoms with Gasteiger partial charge in [-0.1, -0.05) is 19.8 Å². The summed E-state index contributed by atoms with van der Waals surface area (Å²) in [5, 5.41) is 7.22. The van der Waals surface area contributed by atoms with Gasteiger partial charge in [0, 0.05) is 6.07 Å². The maximum atomic E-state index is 11.3. The summed E-state index contributed by atoms with van der Waals surface area (Å²) in [6, 6.07) is 1.73. The number of rotatable bonds is 5. The van der Waals surface area contributed by atoms with Crippen LogP contribution in [-0.2, 0) is 0 Å². The van der Waals surface area contributed by atoms with Crippen LogP contribution >= 0.6 is 22.6 Å². The molecule has 0 unspecified atom stereocenters. The molecule has 90 valence electrons. The van der Waals surface area contributed by atoms with Crippen LogP contribution < -0.4 is 4.74 Å².